The molecule has 0 radical (unpaired) electrons. The average molecular weight is 213 g/mol. The van der Waals surface area contributed by atoms with Gasteiger partial charge in [-0.15, -0.1) is 0 Å². The predicted octanol–water partition coefficient (Wildman–Crippen LogP) is 2.56. The van der Waals surface area contributed by atoms with E-state index >= 15 is 0 Å². The van der Waals surface area contributed by atoms with Crippen molar-refractivity contribution in [3.63, 3.8) is 0 Å². The third-order valence-electron chi connectivity index (χ3n) is 4.07. The van der Waals surface area contributed by atoms with Crippen LogP contribution in [0.1, 0.15) is 52.9 Å². The quantitative estimate of drug-likeness (QED) is 0.735. The molecule has 2 N–H and O–H groups in total. The number of hydrogen-bond acceptors (Lipinski definition) is 2. The first-order valence-electron chi connectivity index (χ1n) is 6.56. The minimum Gasteiger partial charge on any atom is -0.395 e. The van der Waals surface area contributed by atoms with E-state index in [1.54, 1.807) is 0 Å². The summed E-state index contributed by atoms with van der Waals surface area (Å²) in [6.07, 6.45) is 6.50. The summed E-state index contributed by atoms with van der Waals surface area (Å²) >= 11 is 0. The molecule has 0 aliphatic heterocycles. The van der Waals surface area contributed by atoms with Crippen molar-refractivity contribution in [3.8, 4) is 0 Å². The van der Waals surface area contributed by atoms with Crippen molar-refractivity contribution in [1.82, 2.24) is 5.32 Å². The van der Waals surface area contributed by atoms with Gasteiger partial charge in [0.2, 0.25) is 0 Å². The summed E-state index contributed by atoms with van der Waals surface area (Å²) in [5.74, 6) is 1.35. The molecule has 2 nitrogen and oxygen atoms in total. The molecular weight excluding hydrogens is 186 g/mol. The maximum absolute atomic E-state index is 9.38. The number of aliphatic hydroxyl groups is 1. The predicted molar refractivity (Wildman–Crippen MR) is 64.9 cm³/mol. The average Bonchev–Trinajstić information content (AvgIpc) is 2.27. The van der Waals surface area contributed by atoms with Gasteiger partial charge in [0.15, 0.2) is 0 Å². The summed E-state index contributed by atoms with van der Waals surface area (Å²) in [4.78, 5) is 0. The number of hydrogen-bond donors (Lipinski definition) is 2. The standard InChI is InChI=1S/C13H27NO/c1-4-10(2)13(9-15)14-12-8-6-5-7-11(12)3/h10-15H,4-9H2,1-3H3. The van der Waals surface area contributed by atoms with Crippen molar-refractivity contribution >= 4 is 0 Å². The number of nitrogens with one attached hydrogen (secondary N) is 1. The normalized spacial score (nSPS) is 31.2. The Labute approximate surface area is 94.5 Å². The highest BCUT2D eigenvalue weighted by molar-refractivity contribution is 4.83. The summed E-state index contributed by atoms with van der Waals surface area (Å²) in [6.45, 7) is 7.03. The summed E-state index contributed by atoms with van der Waals surface area (Å²) in [5, 5.41) is 13.0. The topological polar surface area (TPSA) is 32.3 Å². The van der Waals surface area contributed by atoms with E-state index in [-0.39, 0.29) is 6.61 Å². The molecule has 0 aromatic heterocycles. The highest BCUT2D eigenvalue weighted by atomic mass is 16.3. The second kappa shape index (κ2) is 6.49. The lowest BCUT2D eigenvalue weighted by atomic mass is 9.84. The zero-order chi connectivity index (χ0) is 11.3. The molecule has 15 heavy (non-hydrogen) atoms. The molecule has 1 saturated carbocycles. The molecule has 0 aromatic carbocycles. The SMILES string of the molecule is CCC(C)C(CO)NC1CCCCC1C. The van der Waals surface area contributed by atoms with Gasteiger partial charge in [-0.2, -0.15) is 0 Å². The second-order valence-corrected chi connectivity index (χ2v) is 5.21. The Morgan fingerprint density at radius 3 is 2.53 bits per heavy atom. The molecule has 90 valence electrons. The van der Waals surface area contributed by atoms with Gasteiger partial charge in [0, 0.05) is 12.1 Å². The first-order valence-corrected chi connectivity index (χ1v) is 6.56. The highest BCUT2D eigenvalue weighted by Gasteiger charge is 2.25. The summed E-state index contributed by atoms with van der Waals surface area (Å²) in [7, 11) is 0. The van der Waals surface area contributed by atoms with Gasteiger partial charge >= 0.3 is 0 Å². The molecule has 0 heterocycles. The van der Waals surface area contributed by atoms with Crippen molar-refractivity contribution < 1.29 is 5.11 Å². The van der Waals surface area contributed by atoms with Crippen LogP contribution in [0.2, 0.25) is 0 Å². The number of aliphatic hydroxyl groups excluding tert-OH is 1. The fourth-order valence-corrected chi connectivity index (χ4v) is 2.52. The maximum Gasteiger partial charge on any atom is 0.0587 e. The fourth-order valence-electron chi connectivity index (χ4n) is 2.52. The van der Waals surface area contributed by atoms with Crippen molar-refractivity contribution in [2.24, 2.45) is 11.8 Å². The van der Waals surface area contributed by atoms with E-state index in [1.165, 1.54) is 25.7 Å². The summed E-state index contributed by atoms with van der Waals surface area (Å²) in [5.41, 5.74) is 0. The van der Waals surface area contributed by atoms with E-state index < -0.39 is 0 Å². The minimum atomic E-state index is 0.276. The smallest absolute Gasteiger partial charge is 0.0587 e. The van der Waals surface area contributed by atoms with E-state index in [4.69, 9.17) is 0 Å². The van der Waals surface area contributed by atoms with Crippen LogP contribution in [-0.4, -0.2) is 23.8 Å². The van der Waals surface area contributed by atoms with Crippen LogP contribution >= 0.6 is 0 Å². The first kappa shape index (κ1) is 13.0. The zero-order valence-corrected chi connectivity index (χ0v) is 10.5. The van der Waals surface area contributed by atoms with E-state index in [0.29, 0.717) is 18.0 Å². The Kier molecular flexibility index (Phi) is 5.62. The third-order valence-corrected chi connectivity index (χ3v) is 4.07. The van der Waals surface area contributed by atoms with Gasteiger partial charge in [-0.1, -0.05) is 40.0 Å². The Bertz CT molecular complexity index is 168. The molecule has 1 aliphatic rings. The molecule has 2 heteroatoms. The third kappa shape index (κ3) is 3.76. The second-order valence-electron chi connectivity index (χ2n) is 5.21. The van der Waals surface area contributed by atoms with Crippen molar-refractivity contribution in [2.45, 2.75) is 65.0 Å². The van der Waals surface area contributed by atoms with E-state index in [1.807, 2.05) is 0 Å². The highest BCUT2D eigenvalue weighted by Crippen LogP contribution is 2.24. The van der Waals surface area contributed by atoms with Gasteiger partial charge in [-0.05, 0) is 24.7 Å². The monoisotopic (exact) mass is 213 g/mol. The van der Waals surface area contributed by atoms with Crippen LogP contribution in [0.4, 0.5) is 0 Å². The fraction of sp³-hybridized carbons (Fsp3) is 1.00. The van der Waals surface area contributed by atoms with Crippen molar-refractivity contribution in [2.75, 3.05) is 6.61 Å². The van der Waals surface area contributed by atoms with Crippen molar-refractivity contribution in [1.29, 1.82) is 0 Å². The van der Waals surface area contributed by atoms with Gasteiger partial charge in [0.05, 0.1) is 6.61 Å². The maximum atomic E-state index is 9.38. The molecule has 0 amide bonds. The molecule has 4 atom stereocenters. The lowest BCUT2D eigenvalue weighted by molar-refractivity contribution is 0.162. The van der Waals surface area contributed by atoms with E-state index in [9.17, 15) is 5.11 Å². The van der Waals surface area contributed by atoms with E-state index in [2.05, 4.69) is 26.1 Å². The molecule has 1 rings (SSSR count). The van der Waals surface area contributed by atoms with Crippen LogP contribution in [0.3, 0.4) is 0 Å². The summed E-state index contributed by atoms with van der Waals surface area (Å²) < 4.78 is 0. The van der Waals surface area contributed by atoms with Crippen LogP contribution in [0.15, 0.2) is 0 Å². The molecule has 4 unspecified atom stereocenters. The Morgan fingerprint density at radius 2 is 2.00 bits per heavy atom. The van der Waals surface area contributed by atoms with Crippen LogP contribution in [-0.2, 0) is 0 Å². The van der Waals surface area contributed by atoms with Crippen LogP contribution in [0.5, 0.6) is 0 Å². The Morgan fingerprint density at radius 1 is 1.33 bits per heavy atom. The molecule has 0 aromatic rings. The van der Waals surface area contributed by atoms with Crippen molar-refractivity contribution in [3.05, 3.63) is 0 Å². The molecule has 1 aliphatic carbocycles. The van der Waals surface area contributed by atoms with E-state index in [0.717, 1.165) is 12.3 Å². The Balaban J connectivity index is 2.42. The molecule has 0 saturated heterocycles. The van der Waals surface area contributed by atoms with Gasteiger partial charge in [-0.3, -0.25) is 0 Å². The van der Waals surface area contributed by atoms with Crippen LogP contribution in [0.25, 0.3) is 0 Å². The number of rotatable bonds is 5. The first-order chi connectivity index (χ1) is 7.19. The molecule has 0 bridgehead atoms. The molecular formula is C13H27NO. The zero-order valence-electron chi connectivity index (χ0n) is 10.5. The van der Waals surface area contributed by atoms with Crippen LogP contribution < -0.4 is 5.32 Å². The Hall–Kier alpha value is -0.0800. The lowest BCUT2D eigenvalue weighted by Crippen LogP contribution is -2.48. The largest absolute Gasteiger partial charge is 0.395 e. The van der Waals surface area contributed by atoms with Gasteiger partial charge in [0.1, 0.15) is 0 Å². The lowest BCUT2D eigenvalue weighted by Gasteiger charge is -2.34. The van der Waals surface area contributed by atoms with Crippen LogP contribution in [0, 0.1) is 11.8 Å². The molecule has 0 spiro atoms. The van der Waals surface area contributed by atoms with Gasteiger partial charge in [-0.25, -0.2) is 0 Å². The van der Waals surface area contributed by atoms with Gasteiger partial charge in [0.25, 0.3) is 0 Å². The minimum absolute atomic E-state index is 0.276. The van der Waals surface area contributed by atoms with Gasteiger partial charge < -0.3 is 10.4 Å². The molecule has 1 fully saturated rings. The summed E-state index contributed by atoms with van der Waals surface area (Å²) in [6, 6.07) is 0.922.